The van der Waals surface area contributed by atoms with Crippen LogP contribution in [0.5, 0.6) is 0 Å². The van der Waals surface area contributed by atoms with Gasteiger partial charge in [-0.1, -0.05) is 15.9 Å². The van der Waals surface area contributed by atoms with E-state index in [1.165, 1.54) is 6.07 Å². The Morgan fingerprint density at radius 2 is 1.81 bits per heavy atom. The number of hydrogen-bond acceptors (Lipinski definition) is 4. The molecule has 4 rings (SSSR count). The molecule has 0 aliphatic heterocycles. The van der Waals surface area contributed by atoms with E-state index in [0.717, 1.165) is 27.6 Å². The molecule has 0 radical (unpaired) electrons. The number of benzene rings is 2. The second-order valence-corrected chi connectivity index (χ2v) is 6.47. The van der Waals surface area contributed by atoms with E-state index in [4.69, 9.17) is 0 Å². The van der Waals surface area contributed by atoms with Gasteiger partial charge < -0.3 is 5.32 Å². The van der Waals surface area contributed by atoms with Gasteiger partial charge in [0.25, 0.3) is 0 Å². The number of aromatic nitrogens is 3. The lowest BCUT2D eigenvalue weighted by atomic mass is 10.2. The highest BCUT2D eigenvalue weighted by atomic mass is 79.9. The molecule has 0 atom stereocenters. The van der Waals surface area contributed by atoms with E-state index in [2.05, 4.69) is 36.2 Å². The lowest BCUT2D eigenvalue weighted by Crippen LogP contribution is -2.00. The maximum Gasteiger partial charge on any atom is 0.163 e. The molecule has 0 fully saturated rings. The largest absolute Gasteiger partial charge is 0.340 e. The maximum absolute atomic E-state index is 13.5. The van der Waals surface area contributed by atoms with Crippen molar-refractivity contribution in [3.05, 3.63) is 77.0 Å². The average molecular weight is 413 g/mol. The van der Waals surface area contributed by atoms with E-state index in [0.29, 0.717) is 22.8 Å². The Balaban J connectivity index is 1.87. The third-order valence-corrected chi connectivity index (χ3v) is 4.25. The van der Waals surface area contributed by atoms with Gasteiger partial charge in [0.05, 0.1) is 5.52 Å². The number of nitrogens with one attached hydrogen (secondary N) is 1. The van der Waals surface area contributed by atoms with Crippen LogP contribution in [0.4, 0.5) is 20.3 Å². The molecule has 0 aliphatic rings. The summed E-state index contributed by atoms with van der Waals surface area (Å²) in [4.78, 5) is 13.2. The molecule has 2 aromatic carbocycles. The van der Waals surface area contributed by atoms with Crippen molar-refractivity contribution < 1.29 is 8.78 Å². The Labute approximate surface area is 156 Å². The minimum absolute atomic E-state index is 0.393. The van der Waals surface area contributed by atoms with Crippen LogP contribution in [0.3, 0.4) is 0 Å². The Kier molecular flexibility index (Phi) is 4.30. The summed E-state index contributed by atoms with van der Waals surface area (Å²) in [6.45, 7) is 0. The lowest BCUT2D eigenvalue weighted by molar-refractivity contribution is 0.509. The topological polar surface area (TPSA) is 50.7 Å². The molecule has 2 heterocycles. The molecule has 7 heteroatoms. The van der Waals surface area contributed by atoms with Crippen molar-refractivity contribution in [2.45, 2.75) is 0 Å². The van der Waals surface area contributed by atoms with E-state index >= 15 is 0 Å². The maximum atomic E-state index is 13.5. The summed E-state index contributed by atoms with van der Waals surface area (Å²) in [5.74, 6) is -0.854. The SMILES string of the molecule is Fc1ccc(Nc2nc(-c3cccnc3)nc3cc(Br)ccc23)cc1F. The molecule has 0 amide bonds. The molecule has 128 valence electrons. The van der Waals surface area contributed by atoms with Gasteiger partial charge in [0.15, 0.2) is 17.5 Å². The van der Waals surface area contributed by atoms with E-state index < -0.39 is 11.6 Å². The quantitative estimate of drug-likeness (QED) is 0.484. The molecule has 1 N–H and O–H groups in total. The molecular formula is C19H11BrF2N4. The number of fused-ring (bicyclic) bond motifs is 1. The van der Waals surface area contributed by atoms with Gasteiger partial charge in [-0.05, 0) is 42.5 Å². The third-order valence-electron chi connectivity index (χ3n) is 3.76. The zero-order valence-corrected chi connectivity index (χ0v) is 14.8. The van der Waals surface area contributed by atoms with Crippen LogP contribution in [0.1, 0.15) is 0 Å². The van der Waals surface area contributed by atoms with Crippen LogP contribution in [-0.4, -0.2) is 15.0 Å². The molecule has 0 saturated carbocycles. The van der Waals surface area contributed by atoms with Crippen LogP contribution in [-0.2, 0) is 0 Å². The Morgan fingerprint density at radius 1 is 0.923 bits per heavy atom. The monoisotopic (exact) mass is 412 g/mol. The summed E-state index contributed by atoms with van der Waals surface area (Å²) in [6, 6.07) is 12.9. The normalized spacial score (nSPS) is 10.9. The molecule has 4 aromatic rings. The van der Waals surface area contributed by atoms with Crippen LogP contribution in [0.25, 0.3) is 22.3 Å². The van der Waals surface area contributed by atoms with Crippen LogP contribution >= 0.6 is 15.9 Å². The summed E-state index contributed by atoms with van der Waals surface area (Å²) in [6.07, 6.45) is 3.34. The van der Waals surface area contributed by atoms with Gasteiger partial charge in [0, 0.05) is 39.6 Å². The second kappa shape index (κ2) is 6.76. The molecule has 0 aliphatic carbocycles. The summed E-state index contributed by atoms with van der Waals surface area (Å²) < 4.78 is 27.6. The fourth-order valence-corrected chi connectivity index (χ4v) is 2.88. The van der Waals surface area contributed by atoms with Crippen molar-refractivity contribution in [3.8, 4) is 11.4 Å². The van der Waals surface area contributed by atoms with E-state index in [-0.39, 0.29) is 0 Å². The van der Waals surface area contributed by atoms with E-state index in [1.54, 1.807) is 18.5 Å². The molecular weight excluding hydrogens is 402 g/mol. The summed E-state index contributed by atoms with van der Waals surface area (Å²) >= 11 is 3.44. The Hall–Kier alpha value is -2.93. The van der Waals surface area contributed by atoms with Gasteiger partial charge in [-0.2, -0.15) is 0 Å². The second-order valence-electron chi connectivity index (χ2n) is 5.55. The van der Waals surface area contributed by atoms with Gasteiger partial charge in [0.1, 0.15) is 5.82 Å². The van der Waals surface area contributed by atoms with Crippen molar-refractivity contribution in [1.82, 2.24) is 15.0 Å². The number of hydrogen-bond donors (Lipinski definition) is 1. The minimum Gasteiger partial charge on any atom is -0.340 e. The molecule has 4 nitrogen and oxygen atoms in total. The van der Waals surface area contributed by atoms with Crippen molar-refractivity contribution in [3.63, 3.8) is 0 Å². The molecule has 26 heavy (non-hydrogen) atoms. The summed E-state index contributed by atoms with van der Waals surface area (Å²) in [5, 5.41) is 3.81. The first-order chi connectivity index (χ1) is 12.6. The number of nitrogens with zero attached hydrogens (tertiary/aromatic N) is 3. The van der Waals surface area contributed by atoms with Gasteiger partial charge in [0.2, 0.25) is 0 Å². The molecule has 0 unspecified atom stereocenters. The van der Waals surface area contributed by atoms with E-state index in [9.17, 15) is 8.78 Å². The Morgan fingerprint density at radius 3 is 2.58 bits per heavy atom. The first-order valence-corrected chi connectivity index (χ1v) is 8.49. The molecule has 0 saturated heterocycles. The van der Waals surface area contributed by atoms with Crippen molar-refractivity contribution >= 4 is 38.3 Å². The van der Waals surface area contributed by atoms with Crippen LogP contribution < -0.4 is 5.32 Å². The zero-order chi connectivity index (χ0) is 18.1. The summed E-state index contributed by atoms with van der Waals surface area (Å²) in [7, 11) is 0. The fraction of sp³-hybridized carbons (Fsp3) is 0. The fourth-order valence-electron chi connectivity index (χ4n) is 2.53. The Bertz CT molecular complexity index is 1100. The van der Waals surface area contributed by atoms with Crippen molar-refractivity contribution in [1.29, 1.82) is 0 Å². The van der Waals surface area contributed by atoms with Crippen molar-refractivity contribution in [2.24, 2.45) is 0 Å². The lowest BCUT2D eigenvalue weighted by Gasteiger charge is -2.11. The van der Waals surface area contributed by atoms with Gasteiger partial charge in [-0.3, -0.25) is 4.98 Å². The summed E-state index contributed by atoms with van der Waals surface area (Å²) in [5.41, 5.74) is 1.85. The predicted molar refractivity (Wildman–Crippen MR) is 100 cm³/mol. The first kappa shape index (κ1) is 16.5. The predicted octanol–water partition coefficient (Wildman–Crippen LogP) is 5.48. The molecule has 2 aromatic heterocycles. The molecule has 0 bridgehead atoms. The number of anilines is 2. The van der Waals surface area contributed by atoms with Gasteiger partial charge in [-0.15, -0.1) is 0 Å². The number of halogens is 3. The number of rotatable bonds is 3. The van der Waals surface area contributed by atoms with E-state index in [1.807, 2.05) is 24.3 Å². The number of pyridine rings is 1. The van der Waals surface area contributed by atoms with Crippen LogP contribution in [0, 0.1) is 11.6 Å². The van der Waals surface area contributed by atoms with Crippen molar-refractivity contribution in [2.75, 3.05) is 5.32 Å². The highest BCUT2D eigenvalue weighted by molar-refractivity contribution is 9.10. The average Bonchev–Trinajstić information content (AvgIpc) is 2.65. The minimum atomic E-state index is -0.927. The van der Waals surface area contributed by atoms with Gasteiger partial charge in [-0.25, -0.2) is 18.7 Å². The van der Waals surface area contributed by atoms with Crippen LogP contribution in [0.2, 0.25) is 0 Å². The first-order valence-electron chi connectivity index (χ1n) is 7.70. The standard InChI is InChI=1S/C19H11BrF2N4/c20-12-3-5-14-17(8-12)25-18(11-2-1-7-23-10-11)26-19(14)24-13-4-6-15(21)16(22)9-13/h1-10H,(H,24,25,26). The smallest absolute Gasteiger partial charge is 0.163 e. The highest BCUT2D eigenvalue weighted by Crippen LogP contribution is 2.29. The zero-order valence-electron chi connectivity index (χ0n) is 13.2. The highest BCUT2D eigenvalue weighted by Gasteiger charge is 2.11. The van der Waals surface area contributed by atoms with Gasteiger partial charge >= 0.3 is 0 Å². The molecule has 0 spiro atoms. The van der Waals surface area contributed by atoms with Crippen LogP contribution in [0.15, 0.2) is 65.4 Å². The third kappa shape index (κ3) is 3.25.